The van der Waals surface area contributed by atoms with Crippen LogP contribution >= 0.6 is 23.2 Å². The zero-order valence-electron chi connectivity index (χ0n) is 11.2. The van der Waals surface area contributed by atoms with E-state index in [-0.39, 0.29) is 17.1 Å². The minimum absolute atomic E-state index is 0.0945. The van der Waals surface area contributed by atoms with Gasteiger partial charge in [0.05, 0.1) is 27.0 Å². The largest absolute Gasteiger partial charge is 0.506 e. The number of aliphatic imine (C=N–C) groups is 1. The van der Waals surface area contributed by atoms with Crippen LogP contribution in [-0.2, 0) is 0 Å². The molecule has 22 heavy (non-hydrogen) atoms. The molecule has 0 saturated heterocycles. The van der Waals surface area contributed by atoms with Gasteiger partial charge in [0, 0.05) is 17.3 Å². The van der Waals surface area contributed by atoms with Crippen LogP contribution in [0.2, 0.25) is 10.0 Å². The first-order valence-corrected chi connectivity index (χ1v) is 7.10. The van der Waals surface area contributed by atoms with Gasteiger partial charge in [0.15, 0.2) is 5.78 Å². The van der Waals surface area contributed by atoms with Crippen molar-refractivity contribution in [3.8, 4) is 0 Å². The number of benzene rings is 2. The normalized spacial score (nSPS) is 14.0. The number of allylic oxidation sites excluding steroid dienone is 1. The number of hydrogen-bond donors (Lipinski definition) is 2. The lowest BCUT2D eigenvalue weighted by Crippen LogP contribution is -1.99. The van der Waals surface area contributed by atoms with Gasteiger partial charge in [-0.1, -0.05) is 47.5 Å². The topological polar surface area (TPSA) is 75.7 Å². The zero-order chi connectivity index (χ0) is 15.9. The molecule has 3 rings (SSSR count). The Hall–Kier alpha value is -2.30. The molecule has 1 aliphatic carbocycles. The second kappa shape index (κ2) is 5.48. The van der Waals surface area contributed by atoms with E-state index in [4.69, 9.17) is 28.9 Å². The number of carbonyl (C=O) groups excluding carboxylic acids is 1. The molecule has 0 amide bonds. The highest BCUT2D eigenvalue weighted by molar-refractivity contribution is 6.42. The second-order valence-corrected chi connectivity index (χ2v) is 5.53. The number of nitrogens with two attached hydrogens (primary N) is 1. The lowest BCUT2D eigenvalue weighted by Gasteiger charge is -2.02. The van der Waals surface area contributed by atoms with Gasteiger partial charge in [-0.3, -0.25) is 9.79 Å². The molecule has 0 atom stereocenters. The van der Waals surface area contributed by atoms with Crippen LogP contribution in [0.4, 0.5) is 11.4 Å². The summed E-state index contributed by atoms with van der Waals surface area (Å²) in [6.07, 6.45) is 1.29. The molecule has 110 valence electrons. The fourth-order valence-electron chi connectivity index (χ4n) is 2.20. The molecule has 3 N–H and O–H groups in total. The van der Waals surface area contributed by atoms with E-state index < -0.39 is 0 Å². The standard InChI is InChI=1S/C16H10Cl2N2O2/c17-11-5-13(19)14(6-12(11)18)20-7-10-15(21)8-3-1-2-4-9(8)16(10)22/h1-7,21H,19H2. The van der Waals surface area contributed by atoms with Gasteiger partial charge in [-0.15, -0.1) is 0 Å². The van der Waals surface area contributed by atoms with Crippen molar-refractivity contribution in [2.45, 2.75) is 0 Å². The number of halogens is 2. The molecule has 0 aromatic heterocycles. The summed E-state index contributed by atoms with van der Waals surface area (Å²) in [5, 5.41) is 10.8. The molecule has 2 aromatic carbocycles. The van der Waals surface area contributed by atoms with Crippen molar-refractivity contribution >= 4 is 52.3 Å². The van der Waals surface area contributed by atoms with Crippen molar-refractivity contribution in [1.29, 1.82) is 0 Å². The Morgan fingerprint density at radius 2 is 1.73 bits per heavy atom. The third-order valence-electron chi connectivity index (χ3n) is 3.33. The van der Waals surface area contributed by atoms with Crippen molar-refractivity contribution < 1.29 is 9.90 Å². The number of ketones is 1. The van der Waals surface area contributed by atoms with Crippen molar-refractivity contribution in [3.05, 3.63) is 63.1 Å². The molecule has 1 aliphatic rings. The Kier molecular flexibility index (Phi) is 3.64. The highest BCUT2D eigenvalue weighted by atomic mass is 35.5. The van der Waals surface area contributed by atoms with Crippen molar-refractivity contribution in [2.75, 3.05) is 5.73 Å². The Bertz CT molecular complexity index is 857. The first kappa shape index (κ1) is 14.6. The number of nitrogens with zero attached hydrogens (tertiary/aromatic N) is 1. The number of Topliss-reactive ketones (excluding diaryl/α,β-unsaturated/α-hetero) is 1. The Balaban J connectivity index is 2.00. The van der Waals surface area contributed by atoms with Crippen LogP contribution in [0.1, 0.15) is 15.9 Å². The van der Waals surface area contributed by atoms with Gasteiger partial charge in [0.1, 0.15) is 5.76 Å². The molecule has 0 unspecified atom stereocenters. The molecule has 2 aromatic rings. The van der Waals surface area contributed by atoms with Gasteiger partial charge in [-0.05, 0) is 12.1 Å². The maximum absolute atomic E-state index is 12.2. The van der Waals surface area contributed by atoms with E-state index in [1.807, 2.05) is 0 Å². The molecule has 0 radical (unpaired) electrons. The zero-order valence-corrected chi connectivity index (χ0v) is 12.7. The maximum atomic E-state index is 12.2. The van der Waals surface area contributed by atoms with E-state index in [0.29, 0.717) is 32.5 Å². The predicted octanol–water partition coefficient (Wildman–Crippen LogP) is 4.44. The molecule has 4 nitrogen and oxygen atoms in total. The predicted molar refractivity (Wildman–Crippen MR) is 89.3 cm³/mol. The van der Waals surface area contributed by atoms with Crippen molar-refractivity contribution in [2.24, 2.45) is 4.99 Å². The molecular formula is C16H10Cl2N2O2. The smallest absolute Gasteiger partial charge is 0.199 e. The number of nitrogen functional groups attached to an aromatic ring is 1. The molecule has 6 heteroatoms. The maximum Gasteiger partial charge on any atom is 0.199 e. The van der Waals surface area contributed by atoms with Crippen molar-refractivity contribution in [1.82, 2.24) is 0 Å². The minimum atomic E-state index is -0.282. The van der Waals surface area contributed by atoms with E-state index in [9.17, 15) is 9.90 Å². The average molecular weight is 333 g/mol. The van der Waals surface area contributed by atoms with Gasteiger partial charge >= 0.3 is 0 Å². The van der Waals surface area contributed by atoms with Gasteiger partial charge in [-0.25, -0.2) is 0 Å². The summed E-state index contributed by atoms with van der Waals surface area (Å²) in [4.78, 5) is 16.4. The summed E-state index contributed by atoms with van der Waals surface area (Å²) in [6.45, 7) is 0. The van der Waals surface area contributed by atoms with Crippen LogP contribution in [0, 0.1) is 0 Å². The fourth-order valence-corrected chi connectivity index (χ4v) is 2.53. The van der Waals surface area contributed by atoms with Gasteiger partial charge in [0.25, 0.3) is 0 Å². The van der Waals surface area contributed by atoms with Crippen LogP contribution in [0.5, 0.6) is 0 Å². The highest BCUT2D eigenvalue weighted by Crippen LogP contribution is 2.34. The Morgan fingerprint density at radius 1 is 1.09 bits per heavy atom. The van der Waals surface area contributed by atoms with E-state index in [0.717, 1.165) is 0 Å². The summed E-state index contributed by atoms with van der Waals surface area (Å²) in [5.41, 5.74) is 7.57. The third kappa shape index (κ3) is 2.36. The number of hydrogen-bond acceptors (Lipinski definition) is 4. The summed E-state index contributed by atoms with van der Waals surface area (Å²) < 4.78 is 0. The van der Waals surface area contributed by atoms with Crippen LogP contribution in [0.15, 0.2) is 47.0 Å². The number of anilines is 1. The van der Waals surface area contributed by atoms with Gasteiger partial charge in [0.2, 0.25) is 0 Å². The SMILES string of the molecule is Nc1cc(Cl)c(Cl)cc1N=CC1=C(O)c2ccccc2C1=O. The molecule has 0 spiro atoms. The first-order chi connectivity index (χ1) is 10.5. The second-order valence-electron chi connectivity index (χ2n) is 4.72. The summed E-state index contributed by atoms with van der Waals surface area (Å²) >= 11 is 11.8. The average Bonchev–Trinajstić information content (AvgIpc) is 2.74. The quantitative estimate of drug-likeness (QED) is 0.630. The number of carbonyl (C=O) groups is 1. The number of aliphatic hydroxyl groups excluding tert-OH is 1. The number of aliphatic hydroxyl groups is 1. The van der Waals surface area contributed by atoms with E-state index in [1.165, 1.54) is 18.3 Å². The van der Waals surface area contributed by atoms with Crippen LogP contribution in [0.3, 0.4) is 0 Å². The van der Waals surface area contributed by atoms with Crippen LogP contribution < -0.4 is 5.73 Å². The van der Waals surface area contributed by atoms with Gasteiger partial charge < -0.3 is 10.8 Å². The summed E-state index contributed by atoms with van der Waals surface area (Å²) in [5.74, 6) is -0.376. The fraction of sp³-hybridized carbons (Fsp3) is 0. The van der Waals surface area contributed by atoms with Gasteiger partial charge in [-0.2, -0.15) is 0 Å². The first-order valence-electron chi connectivity index (χ1n) is 6.35. The van der Waals surface area contributed by atoms with Crippen LogP contribution in [0.25, 0.3) is 5.76 Å². The molecule has 0 heterocycles. The Labute approximate surface area is 136 Å². The summed E-state index contributed by atoms with van der Waals surface area (Å²) in [6, 6.07) is 9.80. The van der Waals surface area contributed by atoms with E-state index in [1.54, 1.807) is 24.3 Å². The highest BCUT2D eigenvalue weighted by Gasteiger charge is 2.27. The number of fused-ring (bicyclic) bond motifs is 1. The minimum Gasteiger partial charge on any atom is -0.506 e. The molecule has 0 bridgehead atoms. The molecule has 0 saturated carbocycles. The third-order valence-corrected chi connectivity index (χ3v) is 4.05. The Morgan fingerprint density at radius 3 is 2.41 bits per heavy atom. The van der Waals surface area contributed by atoms with E-state index >= 15 is 0 Å². The molecule has 0 aliphatic heterocycles. The van der Waals surface area contributed by atoms with Crippen LogP contribution in [-0.4, -0.2) is 17.1 Å². The number of rotatable bonds is 2. The lowest BCUT2D eigenvalue weighted by atomic mass is 10.1. The molecule has 0 fully saturated rings. The van der Waals surface area contributed by atoms with E-state index in [2.05, 4.69) is 4.99 Å². The van der Waals surface area contributed by atoms with Crippen molar-refractivity contribution in [3.63, 3.8) is 0 Å². The molecular weight excluding hydrogens is 323 g/mol. The summed E-state index contributed by atoms with van der Waals surface area (Å²) in [7, 11) is 0. The lowest BCUT2D eigenvalue weighted by molar-refractivity contribution is 0.104. The monoisotopic (exact) mass is 332 g/mol.